The molecule has 4 amide bonds. The van der Waals surface area contributed by atoms with Crippen molar-refractivity contribution in [3.63, 3.8) is 0 Å². The Kier molecular flexibility index (Phi) is 39.8. The number of primary amides is 1. The molecule has 24 heteroatoms. The second-order valence-corrected chi connectivity index (χ2v) is 27.3. The van der Waals surface area contributed by atoms with Crippen LogP contribution in [0.2, 0.25) is 0 Å². The predicted molar refractivity (Wildman–Crippen MR) is 349 cm³/mol. The molecule has 8 unspecified atom stereocenters. The molecule has 0 bridgehead atoms. The van der Waals surface area contributed by atoms with Crippen LogP contribution in [0.4, 0.5) is 0 Å². The zero-order chi connectivity index (χ0) is 66.2. The summed E-state index contributed by atoms with van der Waals surface area (Å²) in [5.74, 6) is 3.23. The van der Waals surface area contributed by atoms with Gasteiger partial charge < -0.3 is 77.9 Å². The van der Waals surface area contributed by atoms with E-state index in [1.54, 1.807) is 7.05 Å². The third-order valence-corrected chi connectivity index (χ3v) is 20.6. The van der Waals surface area contributed by atoms with E-state index >= 15 is 0 Å². The first-order chi connectivity index (χ1) is 44.6. The number of likely N-dealkylation sites (N-methyl/N-ethyl adjacent to an activating group) is 1. The highest BCUT2D eigenvalue weighted by atomic mass is 32.2. The lowest BCUT2D eigenvalue weighted by atomic mass is 9.47. The summed E-state index contributed by atoms with van der Waals surface area (Å²) in [5.41, 5.74) is 7.49. The molecule has 1 saturated heterocycles. The Morgan fingerprint density at radius 3 is 1.62 bits per heavy atom. The number of amides is 4. The lowest BCUT2D eigenvalue weighted by Gasteiger charge is -2.58. The SMILES string of the molecule is CNC(CSC1CC(=O)N(CCC(=O)CCCOCCOCCOCCOCCOCCOCCOCCOCCOCCOCCOCCOCCC(=O)NCC(=O)OC2CC[C@@]3(C)C(=CCC4C5CCC(C(C)CCCC(C)C)[C@@]5(C)CCC43)C2)C1=O)C(N)=O. The van der Waals surface area contributed by atoms with Crippen molar-refractivity contribution >= 4 is 47.1 Å². The number of carbonyl (C=O) groups excluding carboxylic acids is 6. The van der Waals surface area contributed by atoms with Crippen LogP contribution < -0.4 is 16.4 Å². The first kappa shape index (κ1) is 79.5. The number of hydrogen-bond acceptors (Lipinski definition) is 21. The van der Waals surface area contributed by atoms with E-state index in [9.17, 15) is 28.8 Å². The van der Waals surface area contributed by atoms with Crippen LogP contribution in [0.5, 0.6) is 0 Å². The average molecular weight is 1330 g/mol. The van der Waals surface area contributed by atoms with E-state index in [2.05, 4.69) is 51.3 Å². The van der Waals surface area contributed by atoms with Gasteiger partial charge in [0.25, 0.3) is 0 Å². The van der Waals surface area contributed by atoms with Crippen LogP contribution in [0.25, 0.3) is 0 Å². The van der Waals surface area contributed by atoms with Crippen LogP contribution >= 0.6 is 11.8 Å². The van der Waals surface area contributed by atoms with Gasteiger partial charge in [0.2, 0.25) is 23.6 Å². The molecule has 4 N–H and O–H groups in total. The Balaban J connectivity index is 0.681. The zero-order valence-corrected chi connectivity index (χ0v) is 57.7. The zero-order valence-electron chi connectivity index (χ0n) is 56.9. The molecule has 10 atom stereocenters. The van der Waals surface area contributed by atoms with Gasteiger partial charge in [-0.15, -0.1) is 11.8 Å². The number of thioether (sulfide) groups is 1. The summed E-state index contributed by atoms with van der Waals surface area (Å²) in [4.78, 5) is 75.2. The quantitative estimate of drug-likeness (QED) is 0.0260. The van der Waals surface area contributed by atoms with Crippen molar-refractivity contribution in [2.24, 2.45) is 52.1 Å². The normalized spacial score (nSPS) is 24.3. The molecule has 0 aromatic carbocycles. The minimum absolute atomic E-state index is 0.0472. The van der Waals surface area contributed by atoms with E-state index in [1.165, 1.54) is 68.7 Å². The van der Waals surface area contributed by atoms with Crippen molar-refractivity contribution in [1.82, 2.24) is 15.5 Å². The number of esters is 1. The smallest absolute Gasteiger partial charge is 0.325 e. The Morgan fingerprint density at radius 1 is 0.609 bits per heavy atom. The molecular weight excluding hydrogens is 1210 g/mol. The largest absolute Gasteiger partial charge is 0.461 e. The van der Waals surface area contributed by atoms with Crippen LogP contribution in [-0.2, 0) is 90.3 Å². The fourth-order valence-corrected chi connectivity index (χ4v) is 15.5. The number of fused-ring (bicyclic) bond motifs is 5. The number of imide groups is 1. The van der Waals surface area contributed by atoms with Gasteiger partial charge in [0.05, 0.1) is 163 Å². The molecule has 5 rings (SSSR count). The Morgan fingerprint density at radius 2 is 1.12 bits per heavy atom. The number of nitrogens with one attached hydrogen (secondary N) is 2. The number of rotatable bonds is 56. The molecule has 530 valence electrons. The topological polar surface area (TPSA) is 276 Å². The molecule has 4 fully saturated rings. The molecule has 92 heavy (non-hydrogen) atoms. The van der Waals surface area contributed by atoms with Gasteiger partial charge in [-0.1, -0.05) is 65.5 Å². The molecule has 5 aliphatic rings. The number of likely N-dealkylation sites (tertiary alicyclic amines) is 1. The van der Waals surface area contributed by atoms with Gasteiger partial charge >= 0.3 is 5.97 Å². The van der Waals surface area contributed by atoms with Crippen molar-refractivity contribution in [3.8, 4) is 0 Å². The van der Waals surface area contributed by atoms with E-state index in [0.29, 0.717) is 170 Å². The highest BCUT2D eigenvalue weighted by Crippen LogP contribution is 2.67. The summed E-state index contributed by atoms with van der Waals surface area (Å²) in [6.07, 6.45) is 17.0. The first-order valence-electron chi connectivity index (χ1n) is 34.6. The number of carbonyl (C=O) groups is 6. The molecule has 4 aliphatic carbocycles. The summed E-state index contributed by atoms with van der Waals surface area (Å²) < 4.78 is 72.4. The maximum absolute atomic E-state index is 12.9. The number of allylic oxidation sites excluding steroid dienone is 1. The van der Waals surface area contributed by atoms with E-state index < -0.39 is 17.2 Å². The predicted octanol–water partition coefficient (Wildman–Crippen LogP) is 6.32. The molecule has 1 aliphatic heterocycles. The molecule has 0 radical (unpaired) electrons. The van der Waals surface area contributed by atoms with E-state index in [4.69, 9.17) is 67.3 Å². The molecule has 23 nitrogen and oxygen atoms in total. The van der Waals surface area contributed by atoms with Crippen molar-refractivity contribution in [2.75, 3.05) is 184 Å². The molecular formula is C68H118N4O19S. The third kappa shape index (κ3) is 29.2. The Hall–Kier alpha value is -3.21. The van der Waals surface area contributed by atoms with Crippen molar-refractivity contribution in [3.05, 3.63) is 11.6 Å². The van der Waals surface area contributed by atoms with Crippen LogP contribution in [0.15, 0.2) is 11.6 Å². The summed E-state index contributed by atoms with van der Waals surface area (Å²) in [6, 6.07) is -0.592. The van der Waals surface area contributed by atoms with Crippen molar-refractivity contribution < 1.29 is 90.3 Å². The standard InChI is InChI=1S/C68H118N4O19S/c1-51(2)9-7-10-52(3)57-14-15-58-56-13-12-53-47-55(16-20-67(53,4)59(56)17-21-68(57,58)5)91-64(76)49-71-62(74)19-24-80-26-28-82-30-32-84-34-36-86-38-40-88-42-44-90-46-45-89-43-41-87-39-37-85-35-33-83-31-29-81-27-25-79-23-8-11-54(73)18-22-72-63(75)48-61(66(72)78)92-50-60(70-6)65(69)77/h12,51-52,55-61,70H,7-11,13-50H2,1-6H3,(H2,69,77)(H,71,74)/t52?,55?,56?,57?,58?,59?,60?,61?,67-,68+/m0/s1. The average Bonchev–Trinajstić information content (AvgIpc) is 1.35. The van der Waals surface area contributed by atoms with Crippen LogP contribution in [0.1, 0.15) is 137 Å². The minimum Gasteiger partial charge on any atom is -0.461 e. The fourth-order valence-electron chi connectivity index (χ4n) is 14.2. The monoisotopic (exact) mass is 1330 g/mol. The molecule has 0 spiro atoms. The number of ether oxygens (including phenoxy) is 13. The lowest BCUT2D eigenvalue weighted by Crippen LogP contribution is -2.51. The summed E-state index contributed by atoms with van der Waals surface area (Å²) in [5, 5.41) is 4.92. The summed E-state index contributed by atoms with van der Waals surface area (Å²) in [6.45, 7) is 22.5. The molecule has 0 aromatic heterocycles. The van der Waals surface area contributed by atoms with Crippen molar-refractivity contribution in [1.29, 1.82) is 0 Å². The van der Waals surface area contributed by atoms with Crippen LogP contribution in [0, 0.1) is 46.3 Å². The molecule has 3 saturated carbocycles. The molecule has 0 aromatic rings. The highest BCUT2D eigenvalue weighted by Gasteiger charge is 2.59. The van der Waals surface area contributed by atoms with Gasteiger partial charge in [-0.3, -0.25) is 33.7 Å². The number of nitrogens with two attached hydrogens (primary N) is 1. The van der Waals surface area contributed by atoms with Gasteiger partial charge in [0, 0.05) is 51.0 Å². The van der Waals surface area contributed by atoms with E-state index in [0.717, 1.165) is 59.7 Å². The maximum atomic E-state index is 12.9. The highest BCUT2D eigenvalue weighted by molar-refractivity contribution is 8.00. The number of Topliss-reactive ketones (excluding diaryl/α,β-unsaturated/α-hetero) is 1. The lowest BCUT2D eigenvalue weighted by molar-refractivity contribution is -0.151. The fraction of sp³-hybridized carbons (Fsp3) is 0.882. The number of ketones is 1. The van der Waals surface area contributed by atoms with E-state index in [1.807, 2.05) is 0 Å². The van der Waals surface area contributed by atoms with Crippen molar-refractivity contribution in [2.45, 2.75) is 155 Å². The minimum atomic E-state index is -0.592. The summed E-state index contributed by atoms with van der Waals surface area (Å²) >= 11 is 1.22. The number of hydrogen-bond donors (Lipinski definition) is 3. The number of nitrogens with zero attached hydrogens (tertiary/aromatic N) is 1. The Labute approximate surface area is 553 Å². The second kappa shape index (κ2) is 46.1. The summed E-state index contributed by atoms with van der Waals surface area (Å²) in [7, 11) is 1.61. The molecule has 1 heterocycles. The van der Waals surface area contributed by atoms with Gasteiger partial charge in [-0.05, 0) is 105 Å². The Bertz CT molecular complexity index is 2150. The second-order valence-electron chi connectivity index (χ2n) is 26.1. The van der Waals surface area contributed by atoms with Crippen LogP contribution in [-0.4, -0.2) is 242 Å². The van der Waals surface area contributed by atoms with E-state index in [-0.39, 0.29) is 85.7 Å². The van der Waals surface area contributed by atoms with Gasteiger partial charge in [-0.2, -0.15) is 0 Å². The van der Waals surface area contributed by atoms with Gasteiger partial charge in [-0.25, -0.2) is 0 Å². The van der Waals surface area contributed by atoms with Gasteiger partial charge in [0.15, 0.2) is 0 Å². The van der Waals surface area contributed by atoms with Crippen LogP contribution in [0.3, 0.4) is 0 Å². The maximum Gasteiger partial charge on any atom is 0.325 e. The van der Waals surface area contributed by atoms with Gasteiger partial charge in [0.1, 0.15) is 18.4 Å². The third-order valence-electron chi connectivity index (χ3n) is 19.3. The first-order valence-corrected chi connectivity index (χ1v) is 35.6.